The summed E-state index contributed by atoms with van der Waals surface area (Å²) in [5.74, 6) is -4.65. The number of carboxylic acids is 1. The number of nitrogens with zero attached hydrogens (tertiary/aromatic N) is 3. The molecule has 3 rings (SSSR count). The fraction of sp³-hybridized carbons (Fsp3) is 0.737. The van der Waals surface area contributed by atoms with E-state index in [0.29, 0.717) is 57.1 Å². The molecule has 21 heteroatoms. The zero-order chi connectivity index (χ0) is 58.8. The number of hydrogen-bond donors (Lipinski definition) is 6. The molecule has 19 nitrogen and oxygen atoms in total. The van der Waals surface area contributed by atoms with Crippen molar-refractivity contribution in [1.29, 1.82) is 0 Å². The van der Waals surface area contributed by atoms with Crippen molar-refractivity contribution < 1.29 is 63.1 Å². The minimum atomic E-state index is -1.18. The van der Waals surface area contributed by atoms with Crippen LogP contribution in [0.1, 0.15) is 139 Å². The van der Waals surface area contributed by atoms with Crippen LogP contribution in [0, 0.1) is 29.1 Å². The molecule has 0 bridgehead atoms. The van der Waals surface area contributed by atoms with Gasteiger partial charge < -0.3 is 55.3 Å². The highest BCUT2D eigenvalue weighted by Crippen LogP contribution is 2.38. The molecule has 1 fully saturated rings. The predicted molar refractivity (Wildman–Crippen MR) is 305 cm³/mol. The van der Waals surface area contributed by atoms with E-state index in [9.17, 15) is 48.9 Å². The number of amides is 6. The molecule has 1 saturated heterocycles. The SMILES string of the molecule is CC[C@H](C)[C@@H]([C@@H](CC(=O)N1CCC[C@H]1[C@H](OC)[C@@H](C)C(=O)N[C@H](C)[C@@H](O)c1ccccc1)OC)N(C)C(=O)[C@@H](NC(=O)[C@H](C(C)C)N(C)C(=O)OCC(C)(C)SSC[C@@H](NC(=O)[C@@]1(C)CC/C=C/[C@@H](O)CC1)C(=O)O)C(C)C. The summed E-state index contributed by atoms with van der Waals surface area (Å²) in [7, 11) is 8.66. The summed E-state index contributed by atoms with van der Waals surface area (Å²) in [5.41, 5.74) is -0.165. The summed E-state index contributed by atoms with van der Waals surface area (Å²) in [6.45, 7) is 20.4. The number of benzene rings is 1. The Morgan fingerprint density at radius 1 is 0.885 bits per heavy atom. The molecule has 6 amide bonds. The van der Waals surface area contributed by atoms with Crippen molar-refractivity contribution in [2.75, 3.05) is 47.2 Å². The van der Waals surface area contributed by atoms with Gasteiger partial charge in [-0.05, 0) is 82.6 Å². The van der Waals surface area contributed by atoms with E-state index in [-0.39, 0.29) is 42.4 Å². The molecule has 2 aliphatic rings. The molecule has 1 heterocycles. The van der Waals surface area contributed by atoms with E-state index in [4.69, 9.17) is 14.2 Å². The molecular weight excluding hydrogens is 1040 g/mol. The maximum atomic E-state index is 14.7. The smallest absolute Gasteiger partial charge is 0.410 e. The van der Waals surface area contributed by atoms with Gasteiger partial charge in [0.2, 0.25) is 29.5 Å². The molecule has 1 aromatic rings. The van der Waals surface area contributed by atoms with Crippen molar-refractivity contribution >= 4 is 63.2 Å². The van der Waals surface area contributed by atoms with Crippen LogP contribution in [-0.4, -0.2) is 178 Å². The van der Waals surface area contributed by atoms with Crippen molar-refractivity contribution in [2.45, 2.75) is 193 Å². The summed E-state index contributed by atoms with van der Waals surface area (Å²) in [4.78, 5) is 101. The highest BCUT2D eigenvalue weighted by molar-refractivity contribution is 8.77. The monoisotopic (exact) mass is 1130 g/mol. The molecular formula is C57H94N6O13S2. The van der Waals surface area contributed by atoms with E-state index in [1.807, 2.05) is 65.8 Å². The number of hydrogen-bond acceptors (Lipinski definition) is 14. The molecule has 442 valence electrons. The van der Waals surface area contributed by atoms with Gasteiger partial charge in [0.1, 0.15) is 24.7 Å². The largest absolute Gasteiger partial charge is 0.480 e. The standard InChI is InChI=1S/C57H94N6O13S2/c1-16-36(6)47(43(74-14)31-44(65)63-30-22-26-42(63)49(75-15)37(7)50(67)58-38(8)48(66)39-23-18-17-19-24-39)61(12)52(69)45(34(2)3)60-51(68)46(35(4)5)62(13)55(73)76-33-56(9,10)78-77-32-41(53(70)71)59-54(72)57(11)28-21-20-25-40(64)27-29-57/h17-20,23-25,34-38,40-43,45-49,64,66H,16,21-22,26-33H2,1-15H3,(H,58,67)(H,59,72)(H,60,68)(H,70,71)/b25-20+/t36-,37+,38+,40+,41+,42-,43+,45-,46-,47-,48+,49+,57-/m0/s1. The minimum Gasteiger partial charge on any atom is -0.480 e. The Labute approximate surface area is 472 Å². The molecule has 1 aliphatic carbocycles. The van der Waals surface area contributed by atoms with Crippen LogP contribution in [0.15, 0.2) is 42.5 Å². The Hall–Kier alpha value is -4.41. The molecule has 13 atom stereocenters. The maximum Gasteiger partial charge on any atom is 0.410 e. The van der Waals surface area contributed by atoms with Crippen molar-refractivity contribution in [2.24, 2.45) is 29.1 Å². The molecule has 0 spiro atoms. The first-order valence-electron chi connectivity index (χ1n) is 27.6. The lowest BCUT2D eigenvalue weighted by molar-refractivity contribution is -0.148. The van der Waals surface area contributed by atoms with Gasteiger partial charge in [-0.1, -0.05) is 126 Å². The Bertz CT molecular complexity index is 2150. The number of ether oxygens (including phenoxy) is 3. The molecule has 0 radical (unpaired) electrons. The number of carbonyl (C=O) groups excluding carboxylic acids is 6. The van der Waals surface area contributed by atoms with Crippen LogP contribution in [0.4, 0.5) is 4.79 Å². The van der Waals surface area contributed by atoms with E-state index >= 15 is 0 Å². The Kier molecular flexibility index (Phi) is 27.5. The fourth-order valence-electron chi connectivity index (χ4n) is 10.4. The van der Waals surface area contributed by atoms with Gasteiger partial charge in [-0.3, -0.25) is 28.9 Å². The van der Waals surface area contributed by atoms with Gasteiger partial charge in [-0.15, -0.1) is 0 Å². The number of aliphatic hydroxyl groups excluding tert-OH is 2. The van der Waals surface area contributed by atoms with Gasteiger partial charge in [0, 0.05) is 46.0 Å². The number of likely N-dealkylation sites (tertiary alicyclic amines) is 1. The van der Waals surface area contributed by atoms with Crippen molar-refractivity contribution in [3.63, 3.8) is 0 Å². The number of aliphatic hydroxyl groups is 2. The first-order chi connectivity index (χ1) is 36.6. The average molecular weight is 1140 g/mol. The van der Waals surface area contributed by atoms with Crippen LogP contribution >= 0.6 is 21.6 Å². The molecule has 0 unspecified atom stereocenters. The topological polar surface area (TPSA) is 254 Å². The first kappa shape index (κ1) is 67.9. The lowest BCUT2D eigenvalue weighted by atomic mass is 9.78. The second kappa shape index (κ2) is 31.6. The molecule has 0 aromatic heterocycles. The zero-order valence-corrected chi connectivity index (χ0v) is 50.6. The number of carbonyl (C=O) groups is 7. The lowest BCUT2D eigenvalue weighted by Crippen LogP contribution is -2.60. The van der Waals surface area contributed by atoms with Crippen LogP contribution in [0.5, 0.6) is 0 Å². The lowest BCUT2D eigenvalue weighted by Gasteiger charge is -2.41. The zero-order valence-electron chi connectivity index (χ0n) is 49.0. The molecule has 6 N–H and O–H groups in total. The highest BCUT2D eigenvalue weighted by atomic mass is 33.1. The van der Waals surface area contributed by atoms with E-state index in [2.05, 4.69) is 16.0 Å². The third kappa shape index (κ3) is 19.1. The van der Waals surface area contributed by atoms with E-state index in [1.165, 1.54) is 47.8 Å². The van der Waals surface area contributed by atoms with Crippen LogP contribution in [0.25, 0.3) is 0 Å². The number of likely N-dealkylation sites (N-methyl/N-ethyl adjacent to an activating group) is 2. The Morgan fingerprint density at radius 2 is 1.54 bits per heavy atom. The van der Waals surface area contributed by atoms with Crippen LogP contribution in [0.2, 0.25) is 0 Å². The summed E-state index contributed by atoms with van der Waals surface area (Å²) in [5, 5.41) is 39.6. The third-order valence-electron chi connectivity index (χ3n) is 15.5. The number of allylic oxidation sites excluding steroid dienone is 1. The molecule has 1 aromatic carbocycles. The number of carboxylic acid groups (broad SMARTS) is 1. The minimum absolute atomic E-state index is 0.0325. The van der Waals surface area contributed by atoms with Crippen molar-refractivity contribution in [3.8, 4) is 0 Å². The predicted octanol–water partition coefficient (Wildman–Crippen LogP) is 6.61. The number of rotatable bonds is 29. The molecule has 1 aliphatic heterocycles. The quantitative estimate of drug-likeness (QED) is 0.0365. The van der Waals surface area contributed by atoms with Gasteiger partial charge in [0.25, 0.3) is 0 Å². The number of aliphatic carboxylic acids is 1. The summed E-state index contributed by atoms with van der Waals surface area (Å²) < 4.78 is 17.1. The van der Waals surface area contributed by atoms with Crippen molar-refractivity contribution in [1.82, 2.24) is 30.7 Å². The maximum absolute atomic E-state index is 14.7. The summed E-state index contributed by atoms with van der Waals surface area (Å²) >= 11 is 0. The third-order valence-corrected chi connectivity index (χ3v) is 18.8. The summed E-state index contributed by atoms with van der Waals surface area (Å²) in [6.07, 6.45) is 3.56. The normalized spacial score (nSPS) is 22.2. The van der Waals surface area contributed by atoms with Gasteiger partial charge in [0.15, 0.2) is 0 Å². The fourth-order valence-corrected chi connectivity index (χ4v) is 13.0. The Balaban J connectivity index is 1.68. The van der Waals surface area contributed by atoms with Crippen molar-refractivity contribution in [3.05, 3.63) is 48.0 Å². The van der Waals surface area contributed by atoms with E-state index in [0.717, 1.165) is 0 Å². The van der Waals surface area contributed by atoms with Crippen LogP contribution < -0.4 is 16.0 Å². The molecule has 78 heavy (non-hydrogen) atoms. The average Bonchev–Trinajstić information content (AvgIpc) is 3.88. The number of methoxy groups -OCH3 is 2. The second-order valence-corrected chi connectivity index (χ2v) is 26.0. The van der Waals surface area contributed by atoms with Gasteiger partial charge >= 0.3 is 12.1 Å². The van der Waals surface area contributed by atoms with E-state index in [1.54, 1.807) is 69.7 Å². The van der Waals surface area contributed by atoms with Gasteiger partial charge in [0.05, 0.1) is 59.6 Å². The van der Waals surface area contributed by atoms with Gasteiger partial charge in [-0.2, -0.15) is 0 Å². The second-order valence-electron chi connectivity index (χ2n) is 23.0. The number of nitrogens with one attached hydrogen (secondary N) is 3. The Morgan fingerprint density at radius 3 is 2.12 bits per heavy atom. The first-order valence-corrected chi connectivity index (χ1v) is 29.9. The van der Waals surface area contributed by atoms with Crippen LogP contribution in [0.3, 0.4) is 0 Å². The summed E-state index contributed by atoms with van der Waals surface area (Å²) in [6, 6.07) is 4.22. The van der Waals surface area contributed by atoms with Gasteiger partial charge in [-0.25, -0.2) is 9.59 Å². The van der Waals surface area contributed by atoms with Crippen LogP contribution in [-0.2, 0) is 43.0 Å². The highest BCUT2D eigenvalue weighted by Gasteiger charge is 2.44. The molecule has 0 saturated carbocycles. The van der Waals surface area contributed by atoms with E-state index < -0.39 is 112 Å².